The number of rotatable bonds is 7. The third-order valence-electron chi connectivity index (χ3n) is 5.77. The minimum absolute atomic E-state index is 0.0234. The smallest absolute Gasteiger partial charge is 0.270 e. The lowest BCUT2D eigenvalue weighted by molar-refractivity contribution is -0.385. The summed E-state index contributed by atoms with van der Waals surface area (Å²) in [6, 6.07) is 11.2. The first-order valence-corrected chi connectivity index (χ1v) is 9.89. The fourth-order valence-corrected chi connectivity index (χ4v) is 3.86. The molecule has 0 saturated carbocycles. The summed E-state index contributed by atoms with van der Waals surface area (Å²) in [4.78, 5) is 36.7. The number of non-ortho nitro benzene ring substituents is 1. The summed E-state index contributed by atoms with van der Waals surface area (Å²) in [5.74, 6) is -0.228. The van der Waals surface area contributed by atoms with Gasteiger partial charge in [0.2, 0.25) is 5.91 Å². The summed E-state index contributed by atoms with van der Waals surface area (Å²) in [5.41, 5.74) is 3.11. The van der Waals surface area contributed by atoms with Crippen LogP contribution in [0.15, 0.2) is 42.5 Å². The number of benzene rings is 2. The zero-order valence-corrected chi connectivity index (χ0v) is 17.6. The second-order valence-electron chi connectivity index (χ2n) is 7.98. The van der Waals surface area contributed by atoms with Gasteiger partial charge in [0.1, 0.15) is 18.4 Å². The Bertz CT molecular complexity index is 1010. The maximum Gasteiger partial charge on any atom is 0.270 e. The molecule has 9 nitrogen and oxygen atoms in total. The van der Waals surface area contributed by atoms with Gasteiger partial charge in [-0.15, -0.1) is 0 Å². The molecule has 31 heavy (non-hydrogen) atoms. The maximum absolute atomic E-state index is 13.0. The third-order valence-corrected chi connectivity index (χ3v) is 5.77. The van der Waals surface area contributed by atoms with E-state index in [0.29, 0.717) is 24.3 Å². The van der Waals surface area contributed by atoms with Crippen LogP contribution in [0.2, 0.25) is 0 Å². The molecule has 2 aromatic carbocycles. The van der Waals surface area contributed by atoms with E-state index in [9.17, 15) is 19.7 Å². The number of aryl methyl sites for hydroxylation is 1. The fourth-order valence-electron chi connectivity index (χ4n) is 3.86. The van der Waals surface area contributed by atoms with Gasteiger partial charge in [-0.25, -0.2) is 5.48 Å². The Morgan fingerprint density at radius 1 is 1.32 bits per heavy atom. The Balaban J connectivity index is 1.70. The molecule has 2 N–H and O–H groups in total. The zero-order valence-electron chi connectivity index (χ0n) is 17.6. The predicted octanol–water partition coefficient (Wildman–Crippen LogP) is 2.87. The monoisotopic (exact) mass is 427 g/mol. The molecule has 2 aromatic rings. The van der Waals surface area contributed by atoms with Gasteiger partial charge in [-0.05, 0) is 56.0 Å². The summed E-state index contributed by atoms with van der Waals surface area (Å²) < 4.78 is 5.77. The van der Waals surface area contributed by atoms with Crippen molar-refractivity contribution in [1.82, 2.24) is 10.4 Å². The van der Waals surface area contributed by atoms with E-state index in [1.807, 2.05) is 25.1 Å². The van der Waals surface area contributed by atoms with Gasteiger partial charge in [-0.2, -0.15) is 0 Å². The van der Waals surface area contributed by atoms with Crippen molar-refractivity contribution < 1.29 is 24.5 Å². The number of likely N-dealkylation sites (tertiary alicyclic amines) is 1. The Labute approximate surface area is 179 Å². The van der Waals surface area contributed by atoms with Crippen LogP contribution in [0, 0.1) is 17.0 Å². The number of nitrogens with one attached hydrogen (secondary N) is 1. The lowest BCUT2D eigenvalue weighted by atomic mass is 9.81. The molecule has 1 fully saturated rings. The molecule has 0 aromatic heterocycles. The largest absolute Gasteiger partial charge is 0.489 e. The summed E-state index contributed by atoms with van der Waals surface area (Å²) in [5, 5.41) is 19.9. The Morgan fingerprint density at radius 2 is 2.00 bits per heavy atom. The highest BCUT2D eigenvalue weighted by molar-refractivity contribution is 5.94. The molecular weight excluding hydrogens is 402 g/mol. The number of amides is 2. The Kier molecular flexibility index (Phi) is 6.26. The summed E-state index contributed by atoms with van der Waals surface area (Å²) in [7, 11) is 0. The molecule has 0 aliphatic carbocycles. The fraction of sp³-hybridized carbons (Fsp3) is 0.364. The number of nitro benzene ring substituents is 1. The van der Waals surface area contributed by atoms with E-state index >= 15 is 0 Å². The Morgan fingerprint density at radius 3 is 2.61 bits per heavy atom. The van der Waals surface area contributed by atoms with E-state index < -0.39 is 22.3 Å². The second-order valence-corrected chi connectivity index (χ2v) is 7.98. The van der Waals surface area contributed by atoms with Crippen LogP contribution >= 0.6 is 0 Å². The molecule has 2 amide bonds. The zero-order chi connectivity index (χ0) is 22.8. The number of hydrogen-bond donors (Lipinski definition) is 2. The van der Waals surface area contributed by atoms with E-state index in [4.69, 9.17) is 9.94 Å². The maximum atomic E-state index is 13.0. The standard InChI is InChI=1S/C22H25N3O6/c1-14-10-16(12-18(11-14)25(29)30)13-31-19-6-4-17(5-7-19)22(3)8-9-24(21(22)27)15(2)20(26)23-28/h4-7,10-12,15,28H,8-9,13H2,1-3H3,(H,23,26). The average molecular weight is 427 g/mol. The topological polar surface area (TPSA) is 122 Å². The van der Waals surface area contributed by atoms with Gasteiger partial charge in [-0.1, -0.05) is 18.2 Å². The summed E-state index contributed by atoms with van der Waals surface area (Å²) >= 11 is 0. The van der Waals surface area contributed by atoms with E-state index in [-0.39, 0.29) is 18.2 Å². The molecule has 0 bridgehead atoms. The Hall–Kier alpha value is -3.46. The second kappa shape index (κ2) is 8.73. The summed E-state index contributed by atoms with van der Waals surface area (Å²) in [6.45, 7) is 5.79. The van der Waals surface area contributed by atoms with E-state index in [2.05, 4.69) is 0 Å². The van der Waals surface area contributed by atoms with Crippen LogP contribution in [0.3, 0.4) is 0 Å². The number of carbonyl (C=O) groups excluding carboxylic acids is 2. The van der Waals surface area contributed by atoms with Crippen molar-refractivity contribution in [2.45, 2.75) is 45.3 Å². The number of ether oxygens (including phenoxy) is 1. The minimum atomic E-state index is -0.778. The van der Waals surface area contributed by atoms with Crippen LogP contribution in [-0.2, 0) is 21.6 Å². The van der Waals surface area contributed by atoms with E-state index in [1.165, 1.54) is 17.0 Å². The molecule has 2 atom stereocenters. The van der Waals surface area contributed by atoms with Crippen molar-refractivity contribution in [2.24, 2.45) is 0 Å². The molecule has 1 heterocycles. The predicted molar refractivity (Wildman–Crippen MR) is 112 cm³/mol. The van der Waals surface area contributed by atoms with Crippen LogP contribution in [0.5, 0.6) is 5.75 Å². The molecule has 9 heteroatoms. The quantitative estimate of drug-likeness (QED) is 0.398. The normalized spacial score (nSPS) is 19.2. The molecule has 2 unspecified atom stereocenters. The number of hydrogen-bond acceptors (Lipinski definition) is 6. The molecule has 1 aliphatic rings. The van der Waals surface area contributed by atoms with Crippen molar-refractivity contribution in [3.63, 3.8) is 0 Å². The van der Waals surface area contributed by atoms with E-state index in [1.54, 1.807) is 31.5 Å². The van der Waals surface area contributed by atoms with E-state index in [0.717, 1.165) is 11.1 Å². The molecule has 164 valence electrons. The first-order chi connectivity index (χ1) is 14.7. The van der Waals surface area contributed by atoms with Crippen LogP contribution in [-0.4, -0.2) is 39.4 Å². The number of carbonyl (C=O) groups is 2. The summed E-state index contributed by atoms with van der Waals surface area (Å²) in [6.07, 6.45) is 0.544. The highest BCUT2D eigenvalue weighted by atomic mass is 16.6. The van der Waals surface area contributed by atoms with Crippen molar-refractivity contribution >= 4 is 17.5 Å². The lowest BCUT2D eigenvalue weighted by Gasteiger charge is -2.27. The molecule has 1 aliphatic heterocycles. The van der Waals surface area contributed by atoms with Gasteiger partial charge in [-0.3, -0.25) is 24.9 Å². The van der Waals surface area contributed by atoms with Crippen LogP contribution in [0.1, 0.15) is 37.0 Å². The van der Waals surface area contributed by atoms with Crippen molar-refractivity contribution in [3.8, 4) is 5.75 Å². The number of hydroxylamine groups is 1. The lowest BCUT2D eigenvalue weighted by Crippen LogP contribution is -2.47. The molecule has 3 rings (SSSR count). The third kappa shape index (κ3) is 4.51. The van der Waals surface area contributed by atoms with Gasteiger partial charge in [0.05, 0.1) is 10.3 Å². The number of nitrogens with zero attached hydrogens (tertiary/aromatic N) is 2. The minimum Gasteiger partial charge on any atom is -0.489 e. The van der Waals surface area contributed by atoms with Gasteiger partial charge in [0.25, 0.3) is 11.6 Å². The van der Waals surface area contributed by atoms with Crippen LogP contribution in [0.4, 0.5) is 5.69 Å². The number of nitro groups is 1. The SMILES string of the molecule is Cc1cc(COc2ccc(C3(C)CCN(C(C)C(=O)NO)C3=O)cc2)cc([N+](=O)[O-])c1. The molecular formula is C22H25N3O6. The van der Waals surface area contributed by atoms with Crippen molar-refractivity contribution in [1.29, 1.82) is 0 Å². The highest BCUT2D eigenvalue weighted by Crippen LogP contribution is 2.37. The molecule has 0 radical (unpaired) electrons. The van der Waals surface area contributed by atoms with Crippen LogP contribution in [0.25, 0.3) is 0 Å². The highest BCUT2D eigenvalue weighted by Gasteiger charge is 2.46. The van der Waals surface area contributed by atoms with Crippen molar-refractivity contribution in [2.75, 3.05) is 6.54 Å². The van der Waals surface area contributed by atoms with Crippen molar-refractivity contribution in [3.05, 3.63) is 69.3 Å². The van der Waals surface area contributed by atoms with Gasteiger partial charge in [0, 0.05) is 18.7 Å². The molecule has 1 saturated heterocycles. The van der Waals surface area contributed by atoms with Crippen LogP contribution < -0.4 is 10.2 Å². The first kappa shape index (κ1) is 22.2. The van der Waals surface area contributed by atoms with Gasteiger partial charge >= 0.3 is 0 Å². The van der Waals surface area contributed by atoms with Gasteiger partial charge < -0.3 is 9.64 Å². The first-order valence-electron chi connectivity index (χ1n) is 9.89. The van der Waals surface area contributed by atoms with Gasteiger partial charge in [0.15, 0.2) is 0 Å². The molecule has 0 spiro atoms. The average Bonchev–Trinajstić information content (AvgIpc) is 3.06.